The number of piperazine rings is 1. The molecule has 2 aromatic carbocycles. The van der Waals surface area contributed by atoms with Gasteiger partial charge in [-0.3, -0.25) is 9.69 Å². The molecule has 0 atom stereocenters. The highest BCUT2D eigenvalue weighted by atomic mass is 16.5. The van der Waals surface area contributed by atoms with E-state index in [1.54, 1.807) is 0 Å². The van der Waals surface area contributed by atoms with Crippen LogP contribution in [0.3, 0.4) is 0 Å². The Morgan fingerprint density at radius 3 is 2.58 bits per heavy atom. The second kappa shape index (κ2) is 7.30. The summed E-state index contributed by atoms with van der Waals surface area (Å²) in [5.74, 6) is 0.214. The molecular formula is C21H23N3O2. The molecule has 0 aliphatic carbocycles. The van der Waals surface area contributed by atoms with E-state index < -0.39 is 0 Å². The van der Waals surface area contributed by atoms with Crippen molar-refractivity contribution in [1.82, 2.24) is 15.0 Å². The Kier molecular flexibility index (Phi) is 4.71. The average Bonchev–Trinajstić information content (AvgIpc) is 3.07. The van der Waals surface area contributed by atoms with E-state index in [9.17, 15) is 4.79 Å². The van der Waals surface area contributed by atoms with Gasteiger partial charge in [0.25, 0.3) is 0 Å². The molecule has 0 spiro atoms. The minimum absolute atomic E-state index is 0.214. The molecule has 1 aliphatic heterocycles. The molecule has 26 heavy (non-hydrogen) atoms. The molecule has 0 bridgehead atoms. The van der Waals surface area contributed by atoms with E-state index in [1.807, 2.05) is 47.4 Å². The lowest BCUT2D eigenvalue weighted by molar-refractivity contribution is -0.132. The van der Waals surface area contributed by atoms with Crippen LogP contribution in [0, 0.1) is 6.92 Å². The number of fused-ring (bicyclic) bond motifs is 1. The molecule has 1 fully saturated rings. The lowest BCUT2D eigenvalue weighted by Gasteiger charge is -2.34. The number of amides is 1. The Morgan fingerprint density at radius 2 is 1.77 bits per heavy atom. The number of hydrogen-bond donors (Lipinski definition) is 0. The van der Waals surface area contributed by atoms with Gasteiger partial charge in [-0.15, -0.1) is 0 Å². The Labute approximate surface area is 153 Å². The monoisotopic (exact) mass is 349 g/mol. The molecule has 0 saturated carbocycles. The van der Waals surface area contributed by atoms with Gasteiger partial charge in [0, 0.05) is 38.1 Å². The van der Waals surface area contributed by atoms with Crippen molar-refractivity contribution >= 4 is 16.9 Å². The molecular weight excluding hydrogens is 326 g/mol. The zero-order chi connectivity index (χ0) is 17.9. The van der Waals surface area contributed by atoms with Crippen LogP contribution < -0.4 is 0 Å². The number of benzene rings is 2. The van der Waals surface area contributed by atoms with Crippen molar-refractivity contribution in [2.45, 2.75) is 19.9 Å². The fourth-order valence-corrected chi connectivity index (χ4v) is 3.50. The Balaban J connectivity index is 1.34. The largest absolute Gasteiger partial charge is 0.356 e. The first-order valence-corrected chi connectivity index (χ1v) is 9.08. The van der Waals surface area contributed by atoms with Crippen molar-refractivity contribution < 1.29 is 9.32 Å². The first kappa shape index (κ1) is 16.8. The molecule has 134 valence electrons. The van der Waals surface area contributed by atoms with E-state index in [0.29, 0.717) is 6.42 Å². The van der Waals surface area contributed by atoms with Crippen molar-refractivity contribution in [3.63, 3.8) is 0 Å². The quantitative estimate of drug-likeness (QED) is 0.726. The van der Waals surface area contributed by atoms with E-state index in [1.165, 1.54) is 5.56 Å². The molecule has 1 aliphatic rings. The summed E-state index contributed by atoms with van der Waals surface area (Å²) in [6.45, 7) is 6.07. The first-order chi connectivity index (χ1) is 12.7. The lowest BCUT2D eigenvalue weighted by atomic mass is 10.1. The summed E-state index contributed by atoms with van der Waals surface area (Å²) in [7, 11) is 0. The van der Waals surface area contributed by atoms with E-state index in [4.69, 9.17) is 4.52 Å². The van der Waals surface area contributed by atoms with Crippen molar-refractivity contribution in [3.05, 3.63) is 65.4 Å². The normalized spacial score (nSPS) is 15.5. The summed E-state index contributed by atoms with van der Waals surface area (Å²) in [6, 6.07) is 16.0. The van der Waals surface area contributed by atoms with Crippen LogP contribution in [0.4, 0.5) is 0 Å². The van der Waals surface area contributed by atoms with Crippen LogP contribution in [0.15, 0.2) is 53.1 Å². The fraction of sp³-hybridized carbons (Fsp3) is 0.333. The average molecular weight is 349 g/mol. The number of aromatic nitrogens is 1. The topological polar surface area (TPSA) is 49.6 Å². The summed E-state index contributed by atoms with van der Waals surface area (Å²) in [4.78, 5) is 16.9. The van der Waals surface area contributed by atoms with Crippen LogP contribution in [0.25, 0.3) is 11.0 Å². The van der Waals surface area contributed by atoms with Crippen LogP contribution in [0.5, 0.6) is 0 Å². The molecule has 5 heteroatoms. The predicted octanol–water partition coefficient (Wildman–Crippen LogP) is 3.02. The summed E-state index contributed by atoms with van der Waals surface area (Å²) >= 11 is 0. The Bertz CT molecular complexity index is 910. The maximum atomic E-state index is 12.6. The molecule has 2 heterocycles. The summed E-state index contributed by atoms with van der Waals surface area (Å²) in [6.07, 6.45) is 0.487. The van der Waals surface area contributed by atoms with Crippen LogP contribution in [-0.4, -0.2) is 47.0 Å². The lowest BCUT2D eigenvalue weighted by Crippen LogP contribution is -2.48. The van der Waals surface area contributed by atoms with Gasteiger partial charge < -0.3 is 9.42 Å². The van der Waals surface area contributed by atoms with Crippen molar-refractivity contribution in [3.8, 4) is 0 Å². The maximum absolute atomic E-state index is 12.6. The van der Waals surface area contributed by atoms with E-state index >= 15 is 0 Å². The highest BCUT2D eigenvalue weighted by Crippen LogP contribution is 2.20. The summed E-state index contributed by atoms with van der Waals surface area (Å²) in [5.41, 5.74) is 4.10. The van der Waals surface area contributed by atoms with Gasteiger partial charge in [0.1, 0.15) is 5.69 Å². The number of carbonyl (C=O) groups excluding carboxylic acids is 1. The van der Waals surface area contributed by atoms with Crippen LogP contribution in [-0.2, 0) is 17.8 Å². The number of nitrogens with zero attached hydrogens (tertiary/aromatic N) is 3. The molecule has 0 radical (unpaired) electrons. The van der Waals surface area contributed by atoms with Gasteiger partial charge in [-0.05, 0) is 30.2 Å². The zero-order valence-corrected chi connectivity index (χ0v) is 15.0. The van der Waals surface area contributed by atoms with E-state index in [0.717, 1.165) is 55.0 Å². The second-order valence-electron chi connectivity index (χ2n) is 6.89. The van der Waals surface area contributed by atoms with Gasteiger partial charge in [-0.25, -0.2) is 0 Å². The third-order valence-electron chi connectivity index (χ3n) is 5.15. The molecule has 1 amide bonds. The van der Waals surface area contributed by atoms with Gasteiger partial charge in [-0.2, -0.15) is 0 Å². The standard InChI is InChI=1S/C21H23N3O2/c1-16-6-2-3-7-17(16)14-21(25)24-12-10-23(11-13-24)15-19-18-8-4-5-9-20(18)26-22-19/h2-9H,10-15H2,1H3. The van der Waals surface area contributed by atoms with Crippen LogP contribution >= 0.6 is 0 Å². The van der Waals surface area contributed by atoms with Gasteiger partial charge >= 0.3 is 0 Å². The Hall–Kier alpha value is -2.66. The number of hydrogen-bond acceptors (Lipinski definition) is 4. The van der Waals surface area contributed by atoms with Crippen molar-refractivity contribution in [2.75, 3.05) is 26.2 Å². The number of carbonyl (C=O) groups is 1. The minimum atomic E-state index is 0.214. The molecule has 1 saturated heterocycles. The molecule has 0 N–H and O–H groups in total. The molecule has 3 aromatic rings. The number of para-hydroxylation sites is 1. The third kappa shape index (κ3) is 3.48. The number of rotatable bonds is 4. The minimum Gasteiger partial charge on any atom is -0.356 e. The third-order valence-corrected chi connectivity index (χ3v) is 5.15. The first-order valence-electron chi connectivity index (χ1n) is 9.08. The van der Waals surface area contributed by atoms with Gasteiger partial charge in [-0.1, -0.05) is 41.6 Å². The summed E-state index contributed by atoms with van der Waals surface area (Å²) in [5, 5.41) is 5.29. The molecule has 1 aromatic heterocycles. The maximum Gasteiger partial charge on any atom is 0.227 e. The SMILES string of the molecule is Cc1ccccc1CC(=O)N1CCN(Cc2noc3ccccc23)CC1. The van der Waals surface area contributed by atoms with Gasteiger partial charge in [0.05, 0.1) is 6.42 Å². The fourth-order valence-electron chi connectivity index (χ4n) is 3.50. The summed E-state index contributed by atoms with van der Waals surface area (Å²) < 4.78 is 5.39. The van der Waals surface area contributed by atoms with Crippen LogP contribution in [0.2, 0.25) is 0 Å². The van der Waals surface area contributed by atoms with Crippen LogP contribution in [0.1, 0.15) is 16.8 Å². The van der Waals surface area contributed by atoms with Crippen molar-refractivity contribution in [1.29, 1.82) is 0 Å². The zero-order valence-electron chi connectivity index (χ0n) is 15.0. The van der Waals surface area contributed by atoms with Gasteiger partial charge in [0.2, 0.25) is 5.91 Å². The van der Waals surface area contributed by atoms with Gasteiger partial charge in [0.15, 0.2) is 5.58 Å². The van der Waals surface area contributed by atoms with E-state index in [-0.39, 0.29) is 5.91 Å². The number of aryl methyl sites for hydroxylation is 1. The second-order valence-corrected chi connectivity index (χ2v) is 6.89. The highest BCUT2D eigenvalue weighted by molar-refractivity contribution is 5.80. The van der Waals surface area contributed by atoms with Crippen molar-refractivity contribution in [2.24, 2.45) is 0 Å². The predicted molar refractivity (Wildman–Crippen MR) is 101 cm³/mol. The highest BCUT2D eigenvalue weighted by Gasteiger charge is 2.22. The van der Waals surface area contributed by atoms with E-state index in [2.05, 4.69) is 23.0 Å². The molecule has 4 rings (SSSR count). The molecule has 0 unspecified atom stereocenters. The Morgan fingerprint density at radius 1 is 1.04 bits per heavy atom. The molecule has 5 nitrogen and oxygen atoms in total. The smallest absolute Gasteiger partial charge is 0.227 e.